The molecule has 0 aliphatic heterocycles. The SMILES string of the molecule is O=CN(CCC(CO)NCc1ccccc1)[C@@H](Cc1ccccc1)C(=O)O. The maximum absolute atomic E-state index is 11.7. The number of nitrogens with one attached hydrogen (secondary N) is 1. The number of aliphatic hydroxyl groups is 1. The lowest BCUT2D eigenvalue weighted by Crippen LogP contribution is -2.44. The maximum atomic E-state index is 11.7. The van der Waals surface area contributed by atoms with Crippen LogP contribution in [0.2, 0.25) is 0 Å². The summed E-state index contributed by atoms with van der Waals surface area (Å²) in [6.45, 7) is 0.760. The molecule has 1 unspecified atom stereocenters. The van der Waals surface area contributed by atoms with Crippen molar-refractivity contribution < 1.29 is 19.8 Å². The monoisotopic (exact) mass is 370 g/mol. The molecule has 3 N–H and O–H groups in total. The number of nitrogens with zero attached hydrogens (tertiary/aromatic N) is 1. The second-order valence-electron chi connectivity index (χ2n) is 6.42. The first-order chi connectivity index (χ1) is 13.1. The van der Waals surface area contributed by atoms with Gasteiger partial charge in [0.2, 0.25) is 6.41 Å². The smallest absolute Gasteiger partial charge is 0.326 e. The fourth-order valence-corrected chi connectivity index (χ4v) is 2.89. The molecule has 0 aromatic heterocycles. The third-order valence-corrected chi connectivity index (χ3v) is 4.49. The van der Waals surface area contributed by atoms with Gasteiger partial charge in [0.15, 0.2) is 0 Å². The molecule has 2 atom stereocenters. The minimum atomic E-state index is -1.04. The molecule has 0 saturated heterocycles. The molecule has 6 nitrogen and oxygen atoms in total. The number of amides is 1. The van der Waals surface area contributed by atoms with E-state index in [1.165, 1.54) is 4.90 Å². The second kappa shape index (κ2) is 11.1. The summed E-state index contributed by atoms with van der Waals surface area (Å²) in [6.07, 6.45) is 1.28. The standard InChI is InChI=1S/C21H26N2O4/c24-15-19(22-14-18-9-5-2-6-10-18)11-12-23(16-25)20(21(26)27)13-17-7-3-1-4-8-17/h1-10,16,19-20,22,24H,11-15H2,(H,26,27)/t19?,20-/m0/s1. The van der Waals surface area contributed by atoms with Crippen LogP contribution < -0.4 is 5.32 Å². The highest BCUT2D eigenvalue weighted by Gasteiger charge is 2.25. The van der Waals surface area contributed by atoms with E-state index >= 15 is 0 Å². The van der Waals surface area contributed by atoms with Gasteiger partial charge in [-0.05, 0) is 17.5 Å². The van der Waals surface area contributed by atoms with Gasteiger partial charge >= 0.3 is 5.97 Å². The van der Waals surface area contributed by atoms with Crippen LogP contribution in [0.3, 0.4) is 0 Å². The van der Waals surface area contributed by atoms with Crippen molar-refractivity contribution in [2.45, 2.75) is 31.5 Å². The predicted molar refractivity (Wildman–Crippen MR) is 103 cm³/mol. The first-order valence-electron chi connectivity index (χ1n) is 9.00. The van der Waals surface area contributed by atoms with E-state index in [4.69, 9.17) is 0 Å². The Morgan fingerprint density at radius 3 is 2.15 bits per heavy atom. The third-order valence-electron chi connectivity index (χ3n) is 4.49. The van der Waals surface area contributed by atoms with E-state index in [1.807, 2.05) is 60.7 Å². The van der Waals surface area contributed by atoms with Crippen LogP contribution in [-0.2, 0) is 22.6 Å². The number of aliphatic carboxylic acids is 1. The summed E-state index contributed by atoms with van der Waals surface area (Å²) in [5.41, 5.74) is 1.95. The molecule has 2 rings (SSSR count). The van der Waals surface area contributed by atoms with E-state index in [0.717, 1.165) is 11.1 Å². The van der Waals surface area contributed by atoms with Crippen LogP contribution in [0.25, 0.3) is 0 Å². The predicted octanol–water partition coefficient (Wildman–Crippen LogP) is 1.68. The Kier molecular flexibility index (Phi) is 8.48. The molecule has 0 saturated carbocycles. The number of carboxylic acids is 1. The van der Waals surface area contributed by atoms with E-state index in [1.54, 1.807) is 0 Å². The number of benzene rings is 2. The number of rotatable bonds is 12. The third kappa shape index (κ3) is 6.84. The van der Waals surface area contributed by atoms with E-state index in [-0.39, 0.29) is 25.6 Å². The number of carboxylic acid groups (broad SMARTS) is 1. The normalized spacial score (nSPS) is 12.9. The Bertz CT molecular complexity index is 694. The lowest BCUT2D eigenvalue weighted by molar-refractivity contribution is -0.146. The number of carbonyl (C=O) groups excluding carboxylic acids is 1. The van der Waals surface area contributed by atoms with Gasteiger partial charge in [-0.25, -0.2) is 4.79 Å². The zero-order chi connectivity index (χ0) is 19.5. The summed E-state index contributed by atoms with van der Waals surface area (Å²) in [7, 11) is 0. The van der Waals surface area contributed by atoms with Crippen molar-refractivity contribution in [3.05, 3.63) is 71.8 Å². The van der Waals surface area contributed by atoms with Crippen LogP contribution in [0.15, 0.2) is 60.7 Å². The lowest BCUT2D eigenvalue weighted by atomic mass is 10.0. The van der Waals surface area contributed by atoms with Crippen LogP contribution in [0.1, 0.15) is 17.5 Å². The molecule has 2 aromatic carbocycles. The van der Waals surface area contributed by atoms with Crippen LogP contribution in [0, 0.1) is 0 Å². The van der Waals surface area contributed by atoms with Crippen LogP contribution in [0.4, 0.5) is 0 Å². The van der Waals surface area contributed by atoms with Crippen molar-refractivity contribution in [3.63, 3.8) is 0 Å². The Balaban J connectivity index is 1.92. The summed E-state index contributed by atoms with van der Waals surface area (Å²) in [4.78, 5) is 24.5. The average molecular weight is 370 g/mol. The molecule has 0 spiro atoms. The molecule has 27 heavy (non-hydrogen) atoms. The number of carbonyl (C=O) groups is 2. The molecule has 0 radical (unpaired) electrons. The minimum absolute atomic E-state index is 0.0873. The average Bonchev–Trinajstić information content (AvgIpc) is 2.71. The topological polar surface area (TPSA) is 89.9 Å². The Labute approximate surface area is 159 Å². The summed E-state index contributed by atoms with van der Waals surface area (Å²) >= 11 is 0. The highest BCUT2D eigenvalue weighted by Crippen LogP contribution is 2.10. The van der Waals surface area contributed by atoms with Gasteiger partial charge in [-0.1, -0.05) is 60.7 Å². The molecule has 144 valence electrons. The van der Waals surface area contributed by atoms with Gasteiger partial charge in [0.1, 0.15) is 6.04 Å². The minimum Gasteiger partial charge on any atom is -0.480 e. The lowest BCUT2D eigenvalue weighted by Gasteiger charge is -2.27. The zero-order valence-corrected chi connectivity index (χ0v) is 15.2. The summed E-state index contributed by atoms with van der Waals surface area (Å²) in [5, 5.41) is 22.4. The molecule has 1 amide bonds. The highest BCUT2D eigenvalue weighted by atomic mass is 16.4. The number of hydrogen-bond acceptors (Lipinski definition) is 4. The fourth-order valence-electron chi connectivity index (χ4n) is 2.89. The van der Waals surface area contributed by atoms with Gasteiger partial charge in [-0.15, -0.1) is 0 Å². The van der Waals surface area contributed by atoms with Gasteiger partial charge < -0.3 is 20.4 Å². The largest absolute Gasteiger partial charge is 0.480 e. The van der Waals surface area contributed by atoms with Gasteiger partial charge in [-0.3, -0.25) is 4.79 Å². The van der Waals surface area contributed by atoms with Gasteiger partial charge in [0, 0.05) is 25.6 Å². The molecule has 0 heterocycles. The molecule has 6 heteroatoms. The molecule has 0 aliphatic rings. The van der Waals surface area contributed by atoms with Crippen molar-refractivity contribution in [1.29, 1.82) is 0 Å². The second-order valence-corrected chi connectivity index (χ2v) is 6.42. The zero-order valence-electron chi connectivity index (χ0n) is 15.2. The Morgan fingerprint density at radius 2 is 1.63 bits per heavy atom. The van der Waals surface area contributed by atoms with Crippen molar-refractivity contribution >= 4 is 12.4 Å². The summed E-state index contributed by atoms with van der Waals surface area (Å²) in [5.74, 6) is -1.04. The highest BCUT2D eigenvalue weighted by molar-refractivity contribution is 5.76. The van der Waals surface area contributed by atoms with Crippen LogP contribution >= 0.6 is 0 Å². The van der Waals surface area contributed by atoms with E-state index in [0.29, 0.717) is 19.4 Å². The molecule has 0 fully saturated rings. The van der Waals surface area contributed by atoms with Gasteiger partial charge in [0.25, 0.3) is 0 Å². The quantitative estimate of drug-likeness (QED) is 0.495. The van der Waals surface area contributed by atoms with E-state index in [9.17, 15) is 19.8 Å². The molecule has 0 bridgehead atoms. The Hall–Kier alpha value is -2.70. The van der Waals surface area contributed by atoms with Crippen LogP contribution in [0.5, 0.6) is 0 Å². The van der Waals surface area contributed by atoms with Crippen molar-refractivity contribution in [2.75, 3.05) is 13.2 Å². The molecular formula is C21H26N2O4. The molecular weight excluding hydrogens is 344 g/mol. The number of aliphatic hydroxyl groups excluding tert-OH is 1. The first-order valence-corrected chi connectivity index (χ1v) is 9.00. The Morgan fingerprint density at radius 1 is 1.04 bits per heavy atom. The summed E-state index contributed by atoms with van der Waals surface area (Å²) in [6, 6.07) is 17.9. The maximum Gasteiger partial charge on any atom is 0.326 e. The van der Waals surface area contributed by atoms with Crippen molar-refractivity contribution in [3.8, 4) is 0 Å². The first kappa shape index (κ1) is 20.6. The van der Waals surface area contributed by atoms with E-state index < -0.39 is 12.0 Å². The van der Waals surface area contributed by atoms with Gasteiger partial charge in [0.05, 0.1) is 6.61 Å². The van der Waals surface area contributed by atoms with Crippen molar-refractivity contribution in [1.82, 2.24) is 10.2 Å². The number of hydrogen-bond donors (Lipinski definition) is 3. The van der Waals surface area contributed by atoms with Crippen molar-refractivity contribution in [2.24, 2.45) is 0 Å². The molecule has 2 aromatic rings. The molecule has 0 aliphatic carbocycles. The van der Waals surface area contributed by atoms with Gasteiger partial charge in [-0.2, -0.15) is 0 Å². The summed E-state index contributed by atoms with van der Waals surface area (Å²) < 4.78 is 0. The van der Waals surface area contributed by atoms with E-state index in [2.05, 4.69) is 5.32 Å². The fraction of sp³-hybridized carbons (Fsp3) is 0.333. The van der Waals surface area contributed by atoms with Crippen LogP contribution in [-0.4, -0.2) is 52.7 Å².